The molecule has 0 aromatic heterocycles. The maximum atomic E-state index is 13.9. The highest BCUT2D eigenvalue weighted by atomic mass is 19.3. The van der Waals surface area contributed by atoms with Crippen molar-refractivity contribution in [1.29, 1.82) is 0 Å². The summed E-state index contributed by atoms with van der Waals surface area (Å²) in [5.74, 6) is -3.34. The first-order valence-corrected chi connectivity index (χ1v) is 11.0. The molecule has 1 aromatic rings. The minimum absolute atomic E-state index is 0.0364. The van der Waals surface area contributed by atoms with E-state index in [4.69, 9.17) is 0 Å². The van der Waals surface area contributed by atoms with Gasteiger partial charge in [-0.05, 0) is 44.1 Å². The van der Waals surface area contributed by atoms with Crippen LogP contribution in [0.5, 0.6) is 0 Å². The minimum Gasteiger partial charge on any atom is -0.375 e. The van der Waals surface area contributed by atoms with Gasteiger partial charge in [-0.15, -0.1) is 0 Å². The monoisotopic (exact) mass is 418 g/mol. The van der Waals surface area contributed by atoms with Crippen LogP contribution in [-0.4, -0.2) is 47.5 Å². The Morgan fingerprint density at radius 3 is 2.50 bits per heavy atom. The summed E-state index contributed by atoms with van der Waals surface area (Å²) < 4.78 is 27.8. The van der Waals surface area contributed by atoms with E-state index in [0.717, 1.165) is 26.1 Å². The van der Waals surface area contributed by atoms with Crippen LogP contribution in [0.25, 0.3) is 0 Å². The summed E-state index contributed by atoms with van der Waals surface area (Å²) in [6, 6.07) is 8.62. The molecule has 2 saturated carbocycles. The first kappa shape index (κ1) is 21.4. The number of hydrogen-bond acceptors (Lipinski definition) is 3. The van der Waals surface area contributed by atoms with E-state index in [2.05, 4.69) is 30.1 Å². The molecule has 1 amide bonds. The SMILES string of the molecule is CC(C)=CCCN1C[C@@H]2C(NC(=O)C(O)(c3ccccc3)C3CCC(F)(F)C3)[C@@H]2C1. The lowest BCUT2D eigenvalue weighted by Gasteiger charge is -2.33. The van der Waals surface area contributed by atoms with Crippen molar-refractivity contribution in [3.8, 4) is 0 Å². The number of nitrogens with one attached hydrogen (secondary N) is 1. The number of fused-ring (bicyclic) bond motifs is 1. The number of carbonyl (C=O) groups is 1. The van der Waals surface area contributed by atoms with E-state index < -0.39 is 29.8 Å². The van der Waals surface area contributed by atoms with E-state index in [1.54, 1.807) is 30.3 Å². The van der Waals surface area contributed by atoms with Gasteiger partial charge < -0.3 is 15.3 Å². The number of hydrogen-bond donors (Lipinski definition) is 2. The molecule has 2 N–H and O–H groups in total. The van der Waals surface area contributed by atoms with Crippen LogP contribution in [0.2, 0.25) is 0 Å². The molecule has 1 heterocycles. The van der Waals surface area contributed by atoms with Crippen molar-refractivity contribution < 1.29 is 18.7 Å². The van der Waals surface area contributed by atoms with Gasteiger partial charge in [-0.25, -0.2) is 8.78 Å². The van der Waals surface area contributed by atoms with Gasteiger partial charge in [0.05, 0.1) is 0 Å². The molecule has 3 unspecified atom stereocenters. The van der Waals surface area contributed by atoms with Gasteiger partial charge >= 0.3 is 0 Å². The molecule has 3 aliphatic rings. The van der Waals surface area contributed by atoms with Crippen LogP contribution < -0.4 is 5.32 Å². The lowest BCUT2D eigenvalue weighted by atomic mass is 9.79. The summed E-state index contributed by atoms with van der Waals surface area (Å²) in [6.45, 7) is 7.10. The fourth-order valence-corrected chi connectivity index (χ4v) is 5.36. The van der Waals surface area contributed by atoms with Crippen molar-refractivity contribution >= 4 is 5.91 Å². The molecular weight excluding hydrogens is 386 g/mol. The van der Waals surface area contributed by atoms with E-state index in [9.17, 15) is 18.7 Å². The Hall–Kier alpha value is -1.79. The standard InChI is InChI=1S/C24H32F2N2O2/c1-16(2)7-6-12-28-14-19-20(15-28)21(19)27-22(29)24(30,17-8-4-3-5-9-17)18-10-11-23(25,26)13-18/h3-5,7-9,18-21,30H,6,10-15H2,1-2H3,(H,27,29)/t18?,19-,20+,21?,24?. The Balaban J connectivity index is 1.41. The molecule has 0 spiro atoms. The fraction of sp³-hybridized carbons (Fsp3) is 0.625. The molecule has 1 aromatic carbocycles. The van der Waals surface area contributed by atoms with E-state index in [0.29, 0.717) is 17.4 Å². The van der Waals surface area contributed by atoms with Gasteiger partial charge in [-0.3, -0.25) is 4.79 Å². The number of carbonyl (C=O) groups excluding carboxylic acids is 1. The molecule has 4 nitrogen and oxygen atoms in total. The maximum absolute atomic E-state index is 13.9. The van der Waals surface area contributed by atoms with Crippen LogP contribution in [0.15, 0.2) is 42.0 Å². The Kier molecular flexibility index (Phi) is 5.75. The Morgan fingerprint density at radius 1 is 1.27 bits per heavy atom. The number of aliphatic hydroxyl groups is 1. The molecule has 164 valence electrons. The lowest BCUT2D eigenvalue weighted by molar-refractivity contribution is -0.149. The van der Waals surface area contributed by atoms with Gasteiger partial charge in [0.15, 0.2) is 5.60 Å². The first-order chi connectivity index (χ1) is 14.2. The third-order valence-electron chi connectivity index (χ3n) is 7.12. The molecule has 0 bridgehead atoms. The number of benzene rings is 1. The van der Waals surface area contributed by atoms with E-state index >= 15 is 0 Å². The van der Waals surface area contributed by atoms with E-state index in [1.807, 2.05) is 0 Å². The van der Waals surface area contributed by atoms with Crippen LogP contribution in [0.1, 0.15) is 45.1 Å². The molecule has 6 heteroatoms. The summed E-state index contributed by atoms with van der Waals surface area (Å²) in [4.78, 5) is 15.7. The molecule has 5 atom stereocenters. The number of likely N-dealkylation sites (tertiary alicyclic amines) is 1. The number of halogens is 2. The maximum Gasteiger partial charge on any atom is 0.257 e. The third-order valence-corrected chi connectivity index (χ3v) is 7.12. The topological polar surface area (TPSA) is 52.6 Å². The summed E-state index contributed by atoms with van der Waals surface area (Å²) in [5, 5.41) is 14.5. The van der Waals surface area contributed by atoms with E-state index in [-0.39, 0.29) is 18.9 Å². The van der Waals surface area contributed by atoms with E-state index in [1.165, 1.54) is 5.57 Å². The van der Waals surface area contributed by atoms with Gasteiger partial charge in [-0.1, -0.05) is 42.0 Å². The van der Waals surface area contributed by atoms with Gasteiger partial charge in [-0.2, -0.15) is 0 Å². The van der Waals surface area contributed by atoms with Crippen LogP contribution in [0.4, 0.5) is 8.78 Å². The van der Waals surface area contributed by atoms with Gasteiger partial charge in [0.1, 0.15) is 0 Å². The molecule has 3 fully saturated rings. The number of alkyl halides is 2. The van der Waals surface area contributed by atoms with Crippen molar-refractivity contribution in [2.45, 2.75) is 57.1 Å². The van der Waals surface area contributed by atoms with Gasteiger partial charge in [0, 0.05) is 44.4 Å². The van der Waals surface area contributed by atoms with Crippen molar-refractivity contribution in [3.63, 3.8) is 0 Å². The van der Waals surface area contributed by atoms with Crippen molar-refractivity contribution in [2.75, 3.05) is 19.6 Å². The highest BCUT2D eigenvalue weighted by Gasteiger charge is 2.59. The average molecular weight is 419 g/mol. The molecule has 30 heavy (non-hydrogen) atoms. The average Bonchev–Trinajstić information content (AvgIpc) is 3.03. The van der Waals surface area contributed by atoms with Crippen molar-refractivity contribution in [2.24, 2.45) is 17.8 Å². The Labute approximate surface area is 177 Å². The zero-order valence-corrected chi connectivity index (χ0v) is 17.8. The zero-order chi connectivity index (χ0) is 21.5. The van der Waals surface area contributed by atoms with Crippen LogP contribution in [0.3, 0.4) is 0 Å². The molecular formula is C24H32F2N2O2. The zero-order valence-electron chi connectivity index (χ0n) is 17.8. The van der Waals surface area contributed by atoms with Crippen LogP contribution in [-0.2, 0) is 10.4 Å². The lowest BCUT2D eigenvalue weighted by Crippen LogP contribution is -2.51. The summed E-state index contributed by atoms with van der Waals surface area (Å²) >= 11 is 0. The van der Waals surface area contributed by atoms with Crippen LogP contribution >= 0.6 is 0 Å². The second-order valence-corrected chi connectivity index (χ2v) is 9.58. The largest absolute Gasteiger partial charge is 0.375 e. The number of rotatable bonds is 7. The predicted molar refractivity (Wildman–Crippen MR) is 112 cm³/mol. The first-order valence-electron chi connectivity index (χ1n) is 11.0. The third kappa shape index (κ3) is 4.17. The van der Waals surface area contributed by atoms with Crippen molar-refractivity contribution in [3.05, 3.63) is 47.5 Å². The smallest absolute Gasteiger partial charge is 0.257 e. The molecule has 0 radical (unpaired) electrons. The second kappa shape index (κ2) is 8.04. The van der Waals surface area contributed by atoms with Gasteiger partial charge in [0.2, 0.25) is 5.92 Å². The number of nitrogens with zero attached hydrogens (tertiary/aromatic N) is 1. The number of amides is 1. The fourth-order valence-electron chi connectivity index (χ4n) is 5.36. The van der Waals surface area contributed by atoms with Gasteiger partial charge in [0.25, 0.3) is 5.91 Å². The second-order valence-electron chi connectivity index (χ2n) is 9.58. The summed E-state index contributed by atoms with van der Waals surface area (Å²) in [5.41, 5.74) is -0.192. The number of allylic oxidation sites excluding steroid dienone is 1. The molecule has 1 aliphatic heterocycles. The highest BCUT2D eigenvalue weighted by molar-refractivity contribution is 5.87. The molecule has 2 aliphatic carbocycles. The minimum atomic E-state index is -2.82. The van der Waals surface area contributed by atoms with Crippen molar-refractivity contribution in [1.82, 2.24) is 10.2 Å². The predicted octanol–water partition coefficient (Wildman–Crippen LogP) is 3.71. The Bertz CT molecular complexity index is 797. The summed E-state index contributed by atoms with van der Waals surface area (Å²) in [7, 11) is 0. The highest BCUT2D eigenvalue weighted by Crippen LogP contribution is 2.49. The molecule has 4 rings (SSSR count). The summed E-state index contributed by atoms with van der Waals surface area (Å²) in [6.07, 6.45) is 2.67. The quantitative estimate of drug-likeness (QED) is 0.664. The molecule has 1 saturated heterocycles. The number of piperidine rings is 1. The Morgan fingerprint density at radius 2 is 1.93 bits per heavy atom. The van der Waals surface area contributed by atoms with Crippen LogP contribution in [0, 0.1) is 17.8 Å². The normalized spacial score (nSPS) is 31.6.